The van der Waals surface area contributed by atoms with Crippen LogP contribution in [0.4, 0.5) is 0 Å². The summed E-state index contributed by atoms with van der Waals surface area (Å²) in [4.78, 5) is 10.8. The van der Waals surface area contributed by atoms with Gasteiger partial charge in [-0.15, -0.1) is 0 Å². The standard InChI is InChI=1S/C9H16O8/c1-3-4(10)5(11)6(12)9(16,17-3)8(2,15)7(13)14/h3-6,10-12,15-16H,1-2H3,(H,13,14)/t3-,4-,5+,6+,8?,9?/m0/s1. The second-order valence-electron chi connectivity index (χ2n) is 4.32. The number of carboxylic acid groups (broad SMARTS) is 1. The van der Waals surface area contributed by atoms with Crippen LogP contribution in [-0.2, 0) is 9.53 Å². The van der Waals surface area contributed by atoms with Crippen LogP contribution >= 0.6 is 0 Å². The van der Waals surface area contributed by atoms with Gasteiger partial charge in [-0.05, 0) is 13.8 Å². The van der Waals surface area contributed by atoms with Crippen molar-refractivity contribution in [3.63, 3.8) is 0 Å². The first-order valence-corrected chi connectivity index (χ1v) is 4.96. The molecule has 1 heterocycles. The zero-order valence-corrected chi connectivity index (χ0v) is 9.31. The van der Waals surface area contributed by atoms with Crippen molar-refractivity contribution in [3.05, 3.63) is 0 Å². The first kappa shape index (κ1) is 14.3. The van der Waals surface area contributed by atoms with Gasteiger partial charge in [0.2, 0.25) is 11.4 Å². The zero-order chi connectivity index (χ0) is 13.6. The molecule has 0 spiro atoms. The van der Waals surface area contributed by atoms with Gasteiger partial charge in [0, 0.05) is 0 Å². The lowest BCUT2D eigenvalue weighted by Crippen LogP contribution is -2.73. The Hall–Kier alpha value is -0.770. The molecule has 1 aliphatic heterocycles. The van der Waals surface area contributed by atoms with Gasteiger partial charge in [0.15, 0.2) is 0 Å². The van der Waals surface area contributed by atoms with Crippen LogP contribution in [0.1, 0.15) is 13.8 Å². The second kappa shape index (κ2) is 4.16. The predicted octanol–water partition coefficient (Wildman–Crippen LogP) is -2.99. The van der Waals surface area contributed by atoms with Gasteiger partial charge in [0.1, 0.15) is 18.3 Å². The predicted molar refractivity (Wildman–Crippen MR) is 51.8 cm³/mol. The highest BCUT2D eigenvalue weighted by atomic mass is 16.7. The lowest BCUT2D eigenvalue weighted by molar-refractivity contribution is -0.386. The van der Waals surface area contributed by atoms with E-state index in [2.05, 4.69) is 0 Å². The van der Waals surface area contributed by atoms with Gasteiger partial charge in [-0.3, -0.25) is 0 Å². The Labute approximate surface area is 96.7 Å². The SMILES string of the molecule is C[C@@H]1OC(O)(C(C)(O)C(=O)O)[C@H](O)[C@H](O)[C@H]1O. The molecule has 17 heavy (non-hydrogen) atoms. The lowest BCUT2D eigenvalue weighted by Gasteiger charge is -2.49. The van der Waals surface area contributed by atoms with E-state index in [1.807, 2.05) is 0 Å². The molecule has 1 rings (SSSR count). The number of rotatable bonds is 2. The van der Waals surface area contributed by atoms with E-state index in [9.17, 15) is 30.3 Å². The summed E-state index contributed by atoms with van der Waals surface area (Å²) in [6, 6.07) is 0. The molecule has 0 aromatic rings. The molecule has 0 amide bonds. The van der Waals surface area contributed by atoms with Gasteiger partial charge in [-0.2, -0.15) is 0 Å². The maximum absolute atomic E-state index is 10.8. The summed E-state index contributed by atoms with van der Waals surface area (Å²) in [5.74, 6) is -4.76. The molecule has 0 aromatic heterocycles. The normalized spacial score (nSPS) is 46.3. The highest BCUT2D eigenvalue weighted by Crippen LogP contribution is 2.36. The number of hydrogen-bond donors (Lipinski definition) is 6. The van der Waals surface area contributed by atoms with Crippen molar-refractivity contribution in [3.8, 4) is 0 Å². The fourth-order valence-electron chi connectivity index (χ4n) is 1.67. The third kappa shape index (κ3) is 1.92. The Morgan fingerprint density at radius 2 is 1.76 bits per heavy atom. The van der Waals surface area contributed by atoms with Crippen LogP contribution < -0.4 is 0 Å². The van der Waals surface area contributed by atoms with E-state index in [0.717, 1.165) is 6.92 Å². The molecule has 100 valence electrons. The van der Waals surface area contributed by atoms with Crippen LogP contribution in [0.2, 0.25) is 0 Å². The van der Waals surface area contributed by atoms with Gasteiger partial charge in [0.05, 0.1) is 6.10 Å². The largest absolute Gasteiger partial charge is 0.479 e. The molecule has 1 fully saturated rings. The number of aliphatic hydroxyl groups is 5. The Bertz CT molecular complexity index is 316. The second-order valence-corrected chi connectivity index (χ2v) is 4.32. The van der Waals surface area contributed by atoms with Crippen molar-refractivity contribution in [2.75, 3.05) is 0 Å². The summed E-state index contributed by atoms with van der Waals surface area (Å²) in [5, 5.41) is 56.7. The Kier molecular flexibility index (Phi) is 3.50. The maximum Gasteiger partial charge on any atom is 0.341 e. The molecule has 0 radical (unpaired) electrons. The topological polar surface area (TPSA) is 148 Å². The van der Waals surface area contributed by atoms with Gasteiger partial charge < -0.3 is 35.4 Å². The molecule has 6 N–H and O–H groups in total. The molecule has 0 aliphatic carbocycles. The van der Waals surface area contributed by atoms with E-state index in [1.54, 1.807) is 0 Å². The minimum atomic E-state index is -2.92. The fourth-order valence-corrected chi connectivity index (χ4v) is 1.67. The number of ether oxygens (including phenoxy) is 1. The van der Waals surface area contributed by atoms with Crippen LogP contribution in [0.15, 0.2) is 0 Å². The van der Waals surface area contributed by atoms with Gasteiger partial charge in [-0.1, -0.05) is 0 Å². The van der Waals surface area contributed by atoms with E-state index in [-0.39, 0.29) is 0 Å². The van der Waals surface area contributed by atoms with Crippen molar-refractivity contribution in [2.45, 2.75) is 49.7 Å². The molecule has 2 unspecified atom stereocenters. The first-order valence-electron chi connectivity index (χ1n) is 4.96. The maximum atomic E-state index is 10.8. The molecule has 0 saturated carbocycles. The number of carboxylic acids is 1. The lowest BCUT2D eigenvalue weighted by atomic mass is 9.82. The van der Waals surface area contributed by atoms with Gasteiger partial charge in [0.25, 0.3) is 0 Å². The molecule has 8 nitrogen and oxygen atoms in total. The average Bonchev–Trinajstić information content (AvgIpc) is 2.23. The summed E-state index contributed by atoms with van der Waals surface area (Å²) < 4.78 is 4.76. The molecular weight excluding hydrogens is 236 g/mol. The average molecular weight is 252 g/mol. The van der Waals surface area contributed by atoms with Gasteiger partial charge >= 0.3 is 5.97 Å². The summed E-state index contributed by atoms with van der Waals surface area (Å²) in [5.41, 5.74) is -2.85. The van der Waals surface area contributed by atoms with E-state index < -0.39 is 41.8 Å². The van der Waals surface area contributed by atoms with Crippen molar-refractivity contribution >= 4 is 5.97 Å². The number of aliphatic hydroxyl groups excluding tert-OH is 3. The number of hydrogen-bond acceptors (Lipinski definition) is 7. The molecular formula is C9H16O8. The zero-order valence-electron chi connectivity index (χ0n) is 9.31. The van der Waals surface area contributed by atoms with Crippen LogP contribution in [0.5, 0.6) is 0 Å². The summed E-state index contributed by atoms with van der Waals surface area (Å²) >= 11 is 0. The van der Waals surface area contributed by atoms with E-state index >= 15 is 0 Å². The van der Waals surface area contributed by atoms with E-state index in [1.165, 1.54) is 6.92 Å². The van der Waals surface area contributed by atoms with Gasteiger partial charge in [-0.25, -0.2) is 4.79 Å². The molecule has 1 aliphatic rings. The molecule has 1 saturated heterocycles. The molecule has 0 aromatic carbocycles. The van der Waals surface area contributed by atoms with Crippen molar-refractivity contribution < 1.29 is 40.2 Å². The Morgan fingerprint density at radius 1 is 1.29 bits per heavy atom. The van der Waals surface area contributed by atoms with Crippen LogP contribution in [0.25, 0.3) is 0 Å². The number of carbonyl (C=O) groups is 1. The van der Waals surface area contributed by atoms with Crippen molar-refractivity contribution in [1.82, 2.24) is 0 Å². The highest BCUT2D eigenvalue weighted by molar-refractivity contribution is 5.78. The van der Waals surface area contributed by atoms with Crippen molar-refractivity contribution in [1.29, 1.82) is 0 Å². The molecule has 0 bridgehead atoms. The summed E-state index contributed by atoms with van der Waals surface area (Å²) in [6.07, 6.45) is -6.67. The van der Waals surface area contributed by atoms with E-state index in [0.29, 0.717) is 0 Å². The Morgan fingerprint density at radius 3 is 2.18 bits per heavy atom. The molecule has 8 heteroatoms. The number of aliphatic carboxylic acids is 1. The Balaban J connectivity index is 3.15. The summed E-state index contributed by atoms with van der Waals surface area (Å²) in [7, 11) is 0. The monoisotopic (exact) mass is 252 g/mol. The van der Waals surface area contributed by atoms with Crippen molar-refractivity contribution in [2.24, 2.45) is 0 Å². The molecule has 6 atom stereocenters. The van der Waals surface area contributed by atoms with Crippen LogP contribution in [-0.4, -0.2) is 72.4 Å². The highest BCUT2D eigenvalue weighted by Gasteiger charge is 2.64. The van der Waals surface area contributed by atoms with Crippen LogP contribution in [0, 0.1) is 0 Å². The minimum absolute atomic E-state index is 0.718. The fraction of sp³-hybridized carbons (Fsp3) is 0.889. The quantitative estimate of drug-likeness (QED) is 0.305. The third-order valence-electron chi connectivity index (χ3n) is 3.03. The third-order valence-corrected chi connectivity index (χ3v) is 3.03. The first-order chi connectivity index (χ1) is 7.55. The minimum Gasteiger partial charge on any atom is -0.479 e. The van der Waals surface area contributed by atoms with Crippen LogP contribution in [0.3, 0.4) is 0 Å². The van der Waals surface area contributed by atoms with E-state index in [4.69, 9.17) is 9.84 Å². The summed E-state index contributed by atoms with van der Waals surface area (Å²) in [6.45, 7) is 1.97. The smallest absolute Gasteiger partial charge is 0.341 e.